The van der Waals surface area contributed by atoms with Gasteiger partial charge in [0.25, 0.3) is 11.8 Å². The fourth-order valence-electron chi connectivity index (χ4n) is 2.01. The zero-order valence-electron chi connectivity index (χ0n) is 12.9. The molecule has 0 radical (unpaired) electrons. The number of pyridine rings is 1. The van der Waals surface area contributed by atoms with E-state index in [2.05, 4.69) is 5.32 Å². The van der Waals surface area contributed by atoms with Crippen molar-refractivity contribution in [3.63, 3.8) is 0 Å². The molecule has 120 valence electrons. The molecule has 7 nitrogen and oxygen atoms in total. The first-order valence-electron chi connectivity index (χ1n) is 6.83. The maximum absolute atomic E-state index is 12.1. The van der Waals surface area contributed by atoms with E-state index in [1.807, 2.05) is 0 Å². The standard InChI is InChI=1S/C16H17N3O4/c1-22-13-6-12(7-14(8-13)23-2)18-15(20)10-19-5-3-4-11(9-19)16(17)21/h3-9H,10H2,1-2H3,(H2-,17,18,20,21)/p+1. The van der Waals surface area contributed by atoms with Crippen LogP contribution >= 0.6 is 0 Å². The predicted molar refractivity (Wildman–Crippen MR) is 83.3 cm³/mol. The lowest BCUT2D eigenvalue weighted by molar-refractivity contribution is -0.684. The highest BCUT2D eigenvalue weighted by atomic mass is 16.5. The summed E-state index contributed by atoms with van der Waals surface area (Å²) >= 11 is 0. The number of ether oxygens (including phenoxy) is 2. The van der Waals surface area contributed by atoms with Gasteiger partial charge in [0.15, 0.2) is 12.4 Å². The number of aromatic nitrogens is 1. The van der Waals surface area contributed by atoms with Gasteiger partial charge in [-0.3, -0.25) is 9.59 Å². The molecule has 1 heterocycles. The quantitative estimate of drug-likeness (QED) is 0.768. The summed E-state index contributed by atoms with van der Waals surface area (Å²) in [6.45, 7) is 0.0423. The molecule has 0 aliphatic carbocycles. The van der Waals surface area contributed by atoms with E-state index in [0.717, 1.165) is 0 Å². The molecule has 1 aromatic carbocycles. The van der Waals surface area contributed by atoms with Gasteiger partial charge in [0, 0.05) is 30.0 Å². The number of methoxy groups -OCH3 is 2. The molecule has 0 aliphatic heterocycles. The Balaban J connectivity index is 2.10. The lowest BCUT2D eigenvalue weighted by Crippen LogP contribution is -2.40. The van der Waals surface area contributed by atoms with Crippen LogP contribution in [0.3, 0.4) is 0 Å². The van der Waals surface area contributed by atoms with Crippen LogP contribution in [-0.2, 0) is 11.3 Å². The van der Waals surface area contributed by atoms with Crippen LogP contribution in [0.25, 0.3) is 0 Å². The maximum Gasteiger partial charge on any atom is 0.290 e. The van der Waals surface area contributed by atoms with E-state index >= 15 is 0 Å². The van der Waals surface area contributed by atoms with Crippen LogP contribution in [0.4, 0.5) is 5.69 Å². The molecule has 0 saturated carbocycles. The Kier molecular flexibility index (Phi) is 5.14. The van der Waals surface area contributed by atoms with Crippen LogP contribution in [-0.4, -0.2) is 26.0 Å². The van der Waals surface area contributed by atoms with Crippen molar-refractivity contribution in [2.75, 3.05) is 19.5 Å². The molecule has 0 aliphatic rings. The topological polar surface area (TPSA) is 94.5 Å². The molecule has 0 saturated heterocycles. The zero-order chi connectivity index (χ0) is 16.8. The maximum atomic E-state index is 12.1. The van der Waals surface area contributed by atoms with Gasteiger partial charge in [-0.2, -0.15) is 4.57 Å². The smallest absolute Gasteiger partial charge is 0.290 e. The first-order chi connectivity index (χ1) is 11.0. The lowest BCUT2D eigenvalue weighted by atomic mass is 10.2. The van der Waals surface area contributed by atoms with Crippen molar-refractivity contribution in [3.8, 4) is 11.5 Å². The van der Waals surface area contributed by atoms with E-state index in [1.165, 1.54) is 20.4 Å². The molecule has 3 N–H and O–H groups in total. The second-order valence-corrected chi connectivity index (χ2v) is 4.78. The van der Waals surface area contributed by atoms with Gasteiger partial charge in [0.1, 0.15) is 17.1 Å². The fourth-order valence-corrected chi connectivity index (χ4v) is 2.01. The largest absolute Gasteiger partial charge is 0.497 e. The summed E-state index contributed by atoms with van der Waals surface area (Å²) < 4.78 is 11.9. The number of primary amides is 1. The van der Waals surface area contributed by atoms with E-state index < -0.39 is 5.91 Å². The van der Waals surface area contributed by atoms with E-state index in [4.69, 9.17) is 15.2 Å². The Morgan fingerprint density at radius 3 is 2.39 bits per heavy atom. The Labute approximate surface area is 133 Å². The summed E-state index contributed by atoms with van der Waals surface area (Å²) in [6, 6.07) is 8.32. The molecule has 7 heteroatoms. The minimum Gasteiger partial charge on any atom is -0.497 e. The van der Waals surface area contributed by atoms with Crippen LogP contribution in [0.1, 0.15) is 10.4 Å². The molecule has 23 heavy (non-hydrogen) atoms. The highest BCUT2D eigenvalue weighted by Gasteiger charge is 2.13. The average Bonchev–Trinajstić information content (AvgIpc) is 2.54. The van der Waals surface area contributed by atoms with Gasteiger partial charge in [-0.1, -0.05) is 0 Å². The van der Waals surface area contributed by atoms with Crippen LogP contribution in [0.5, 0.6) is 11.5 Å². The van der Waals surface area contributed by atoms with Crippen molar-refractivity contribution >= 4 is 17.5 Å². The normalized spacial score (nSPS) is 10.0. The number of carbonyl (C=O) groups is 2. The number of amides is 2. The van der Waals surface area contributed by atoms with Crippen molar-refractivity contribution in [1.82, 2.24) is 0 Å². The minimum atomic E-state index is -0.544. The Bertz CT molecular complexity index is 709. The van der Waals surface area contributed by atoms with Crippen molar-refractivity contribution in [1.29, 1.82) is 0 Å². The van der Waals surface area contributed by atoms with E-state index in [1.54, 1.807) is 41.1 Å². The number of rotatable bonds is 6. The predicted octanol–water partition coefficient (Wildman–Crippen LogP) is 0.729. The number of hydrogen-bond acceptors (Lipinski definition) is 4. The molecular formula is C16H18N3O4+. The van der Waals surface area contributed by atoms with Gasteiger partial charge in [0.2, 0.25) is 6.54 Å². The first kappa shape index (κ1) is 16.3. The molecule has 0 bridgehead atoms. The molecule has 0 fully saturated rings. The average molecular weight is 316 g/mol. The zero-order valence-corrected chi connectivity index (χ0v) is 12.9. The summed E-state index contributed by atoms with van der Waals surface area (Å²) in [5.74, 6) is 0.343. The molecule has 0 atom stereocenters. The number of carbonyl (C=O) groups excluding carboxylic acids is 2. The van der Waals surface area contributed by atoms with Crippen LogP contribution in [0, 0.1) is 0 Å². The molecule has 0 spiro atoms. The molecule has 2 aromatic rings. The SMILES string of the molecule is COc1cc(NC(=O)C[n+]2cccc(C(N)=O)c2)cc(OC)c1. The third-order valence-corrected chi connectivity index (χ3v) is 3.10. The summed E-state index contributed by atoms with van der Waals surface area (Å²) in [5, 5.41) is 2.75. The van der Waals surface area contributed by atoms with Crippen molar-refractivity contribution < 1.29 is 23.6 Å². The molecule has 1 aromatic heterocycles. The monoisotopic (exact) mass is 316 g/mol. The van der Waals surface area contributed by atoms with Gasteiger partial charge in [0.05, 0.1) is 14.2 Å². The van der Waals surface area contributed by atoms with Gasteiger partial charge in [-0.25, -0.2) is 0 Å². The summed E-state index contributed by atoms with van der Waals surface area (Å²) in [4.78, 5) is 23.3. The summed E-state index contributed by atoms with van der Waals surface area (Å²) in [7, 11) is 3.07. The molecule has 2 amide bonds. The van der Waals surface area contributed by atoms with Crippen LogP contribution < -0.4 is 25.1 Å². The summed E-state index contributed by atoms with van der Waals surface area (Å²) in [5.41, 5.74) is 6.11. The van der Waals surface area contributed by atoms with Gasteiger partial charge in [-0.15, -0.1) is 0 Å². The van der Waals surface area contributed by atoms with Crippen molar-refractivity contribution in [2.24, 2.45) is 5.73 Å². The lowest BCUT2D eigenvalue weighted by Gasteiger charge is -2.09. The van der Waals surface area contributed by atoms with Crippen molar-refractivity contribution in [2.45, 2.75) is 6.54 Å². The molecule has 0 unspecified atom stereocenters. The fraction of sp³-hybridized carbons (Fsp3) is 0.188. The number of hydrogen-bond donors (Lipinski definition) is 2. The van der Waals surface area contributed by atoms with Crippen LogP contribution in [0.15, 0.2) is 42.7 Å². The second kappa shape index (κ2) is 7.26. The molecule has 2 rings (SSSR count). The molecular weight excluding hydrogens is 298 g/mol. The Hall–Kier alpha value is -3.09. The Morgan fingerprint density at radius 2 is 1.83 bits per heavy atom. The van der Waals surface area contributed by atoms with Gasteiger partial charge < -0.3 is 20.5 Å². The Morgan fingerprint density at radius 1 is 1.17 bits per heavy atom. The van der Waals surface area contributed by atoms with Gasteiger partial charge >= 0.3 is 0 Å². The second-order valence-electron chi connectivity index (χ2n) is 4.78. The van der Waals surface area contributed by atoms with E-state index in [9.17, 15) is 9.59 Å². The number of nitrogens with one attached hydrogen (secondary N) is 1. The highest BCUT2D eigenvalue weighted by Crippen LogP contribution is 2.25. The number of anilines is 1. The number of nitrogens with two attached hydrogens (primary N) is 1. The number of nitrogens with zero attached hydrogens (tertiary/aromatic N) is 1. The highest BCUT2D eigenvalue weighted by molar-refractivity contribution is 5.92. The minimum absolute atomic E-state index is 0.0423. The van der Waals surface area contributed by atoms with E-state index in [0.29, 0.717) is 22.7 Å². The summed E-state index contributed by atoms with van der Waals surface area (Å²) in [6.07, 6.45) is 3.20. The third kappa shape index (κ3) is 4.44. The first-order valence-corrected chi connectivity index (χ1v) is 6.83. The van der Waals surface area contributed by atoms with E-state index in [-0.39, 0.29) is 12.5 Å². The van der Waals surface area contributed by atoms with Crippen LogP contribution in [0.2, 0.25) is 0 Å². The number of benzene rings is 1. The van der Waals surface area contributed by atoms with Gasteiger partial charge in [-0.05, 0) is 6.07 Å². The third-order valence-electron chi connectivity index (χ3n) is 3.10. The van der Waals surface area contributed by atoms with Crippen molar-refractivity contribution in [3.05, 3.63) is 48.3 Å².